The number of nitrogens with one attached hydrogen (secondary N) is 2. The van der Waals surface area contributed by atoms with Gasteiger partial charge in [-0.3, -0.25) is 28.8 Å². The maximum Gasteiger partial charge on any atom is 0.326 e. The number of aliphatic carboxylic acids is 2. The van der Waals surface area contributed by atoms with Gasteiger partial charge in [0.15, 0.2) is 12.2 Å². The largest absolute Gasteiger partial charge is 0.480 e. The molecule has 0 aliphatic carbocycles. The van der Waals surface area contributed by atoms with Crippen LogP contribution in [0.2, 0.25) is 0 Å². The molecule has 2 amide bonds. The molecular weight excluding hydrogens is 826 g/mol. The van der Waals surface area contributed by atoms with E-state index in [1.165, 1.54) is 0 Å². The van der Waals surface area contributed by atoms with Crippen LogP contribution in [0.25, 0.3) is 0 Å². The third kappa shape index (κ3) is 28.1. The number of carboxylic acid groups (broad SMARTS) is 2. The van der Waals surface area contributed by atoms with Gasteiger partial charge < -0.3 is 55.7 Å². The maximum atomic E-state index is 12.6. The molecule has 0 aromatic heterocycles. The fourth-order valence-electron chi connectivity index (χ4n) is 7.15. The van der Waals surface area contributed by atoms with Crippen molar-refractivity contribution in [2.75, 3.05) is 6.54 Å². The molecule has 0 bridgehead atoms. The summed E-state index contributed by atoms with van der Waals surface area (Å²) in [6, 6.07) is -2.04. The van der Waals surface area contributed by atoms with Crippen molar-refractivity contribution in [2.45, 2.75) is 219 Å². The Morgan fingerprint density at radius 1 is 0.476 bits per heavy atom. The molecule has 0 aliphatic heterocycles. The van der Waals surface area contributed by atoms with Crippen molar-refractivity contribution in [3.8, 4) is 0 Å². The Morgan fingerprint density at radius 2 is 0.889 bits per heavy atom. The van der Waals surface area contributed by atoms with Crippen LogP contribution in [-0.4, -0.2) is 123 Å². The van der Waals surface area contributed by atoms with Crippen molar-refractivity contribution in [3.05, 3.63) is 0 Å². The first-order valence-electron chi connectivity index (χ1n) is 22.5. The van der Waals surface area contributed by atoms with Crippen molar-refractivity contribution in [3.63, 3.8) is 0 Å². The standard InChI is InChI=1S/C44H77N3O16/c1-28(2)38(44(58)59)47-37(53)26-20-24-35(61-30(4)49)41(62-31(5)50)40(55)42(63-32(6)51)39(54)34(60-29(3)48)23-18-16-14-12-10-8-7-9-11-13-15-17-19-25-36(52)46-33(43(56)57)22-21-27-45/h28,33-35,38-42,54-55H,7-27,45H2,1-6H3,(H,46,52)(H,47,53)(H,56,57)(H,58,59)/t33-,34?,35?,38-,39?,40?,41?,42?/m0/s1. The lowest BCUT2D eigenvalue weighted by atomic mass is 9.91. The number of hydrogen-bond acceptors (Lipinski definition) is 15. The summed E-state index contributed by atoms with van der Waals surface area (Å²) in [6.07, 6.45) is 3.04. The third-order valence-corrected chi connectivity index (χ3v) is 10.4. The first kappa shape index (κ1) is 58.6. The van der Waals surface area contributed by atoms with Crippen LogP contribution in [0, 0.1) is 5.92 Å². The van der Waals surface area contributed by atoms with E-state index < -0.39 is 96.3 Å². The molecule has 0 radical (unpaired) electrons. The predicted octanol–water partition coefficient (Wildman–Crippen LogP) is 3.99. The van der Waals surface area contributed by atoms with Crippen LogP contribution in [-0.2, 0) is 57.3 Å². The minimum absolute atomic E-state index is 0.0167. The van der Waals surface area contributed by atoms with E-state index in [0.717, 1.165) is 98.3 Å². The molecule has 0 rings (SSSR count). The van der Waals surface area contributed by atoms with Crippen LogP contribution in [0.5, 0.6) is 0 Å². The average Bonchev–Trinajstić information content (AvgIpc) is 3.18. The number of nitrogens with two attached hydrogens (primary N) is 1. The van der Waals surface area contributed by atoms with Gasteiger partial charge in [-0.1, -0.05) is 84.5 Å². The van der Waals surface area contributed by atoms with E-state index >= 15 is 0 Å². The lowest BCUT2D eigenvalue weighted by molar-refractivity contribution is -0.205. The molecule has 0 saturated heterocycles. The van der Waals surface area contributed by atoms with Crippen LogP contribution in [0.4, 0.5) is 0 Å². The molecule has 19 nitrogen and oxygen atoms in total. The molecule has 0 fully saturated rings. The van der Waals surface area contributed by atoms with Crippen LogP contribution in [0.15, 0.2) is 0 Å². The molecule has 0 aromatic carbocycles. The van der Waals surface area contributed by atoms with Gasteiger partial charge in [0.2, 0.25) is 11.8 Å². The van der Waals surface area contributed by atoms with Crippen LogP contribution >= 0.6 is 0 Å². The Morgan fingerprint density at radius 3 is 1.33 bits per heavy atom. The SMILES string of the molecule is CC(=O)OC(CCCCCCCCCCCCCCCC(=O)N[C@@H](CCCN)C(=O)O)C(O)C(OC(C)=O)C(O)C(OC(C)=O)C(CCCC(=O)N[C@H](C(=O)O)C(C)C)OC(C)=O. The van der Waals surface area contributed by atoms with E-state index in [1.54, 1.807) is 13.8 Å². The van der Waals surface area contributed by atoms with Crippen molar-refractivity contribution in [1.29, 1.82) is 0 Å². The minimum atomic E-state index is -2.01. The molecule has 6 unspecified atom stereocenters. The normalized spacial score (nSPS) is 15.1. The van der Waals surface area contributed by atoms with Crippen LogP contribution in [0.1, 0.15) is 170 Å². The van der Waals surface area contributed by atoms with Gasteiger partial charge in [0.25, 0.3) is 0 Å². The molecule has 8 N–H and O–H groups in total. The zero-order chi connectivity index (χ0) is 47.9. The molecule has 0 saturated carbocycles. The Bertz CT molecular complexity index is 1390. The number of carbonyl (C=O) groups is 8. The quantitative estimate of drug-likeness (QED) is 0.0263. The fraction of sp³-hybridized carbons (Fsp3) is 0.818. The Balaban J connectivity index is 5.14. The summed E-state index contributed by atoms with van der Waals surface area (Å²) in [5.41, 5.74) is 5.44. The average molecular weight is 904 g/mol. The zero-order valence-electron chi connectivity index (χ0n) is 38.3. The number of aliphatic hydroxyl groups excluding tert-OH is 2. The number of esters is 4. The second-order valence-electron chi connectivity index (χ2n) is 16.5. The highest BCUT2D eigenvalue weighted by molar-refractivity contribution is 5.84. The van der Waals surface area contributed by atoms with Gasteiger partial charge in [-0.15, -0.1) is 0 Å². The van der Waals surface area contributed by atoms with Gasteiger partial charge >= 0.3 is 35.8 Å². The summed E-state index contributed by atoms with van der Waals surface area (Å²) in [5.74, 6) is -6.94. The lowest BCUT2D eigenvalue weighted by Crippen LogP contribution is -2.56. The summed E-state index contributed by atoms with van der Waals surface area (Å²) < 4.78 is 21.5. The van der Waals surface area contributed by atoms with Crippen molar-refractivity contribution in [1.82, 2.24) is 10.6 Å². The minimum Gasteiger partial charge on any atom is -0.480 e. The lowest BCUT2D eigenvalue weighted by Gasteiger charge is -2.37. The molecule has 0 heterocycles. The third-order valence-electron chi connectivity index (χ3n) is 10.4. The second kappa shape index (κ2) is 34.1. The first-order chi connectivity index (χ1) is 29.7. The molecule has 19 heteroatoms. The molecule has 0 aromatic rings. The number of rotatable bonds is 37. The Kier molecular flexibility index (Phi) is 31.7. The molecule has 63 heavy (non-hydrogen) atoms. The van der Waals surface area contributed by atoms with Gasteiger partial charge in [-0.05, 0) is 57.4 Å². The summed E-state index contributed by atoms with van der Waals surface area (Å²) in [4.78, 5) is 96.2. The van der Waals surface area contributed by atoms with Gasteiger partial charge in [-0.25, -0.2) is 9.59 Å². The summed E-state index contributed by atoms with van der Waals surface area (Å²) in [5, 5.41) is 46.7. The first-order valence-corrected chi connectivity index (χ1v) is 22.5. The monoisotopic (exact) mass is 904 g/mol. The molecule has 0 aliphatic rings. The Hall–Kier alpha value is -4.36. The van der Waals surface area contributed by atoms with E-state index in [0.29, 0.717) is 38.6 Å². The summed E-state index contributed by atoms with van der Waals surface area (Å²) >= 11 is 0. The van der Waals surface area contributed by atoms with E-state index in [-0.39, 0.29) is 31.6 Å². The Labute approximate surface area is 372 Å². The number of unbranched alkanes of at least 4 members (excludes halogenated alkanes) is 12. The van der Waals surface area contributed by atoms with Crippen molar-refractivity contribution in [2.24, 2.45) is 11.7 Å². The highest BCUT2D eigenvalue weighted by atomic mass is 16.6. The number of ether oxygens (including phenoxy) is 4. The van der Waals surface area contributed by atoms with Gasteiger partial charge in [0.1, 0.15) is 36.5 Å². The number of carbonyl (C=O) groups excluding carboxylic acids is 6. The van der Waals surface area contributed by atoms with Gasteiger partial charge in [-0.2, -0.15) is 0 Å². The molecular formula is C44H77N3O16. The van der Waals surface area contributed by atoms with E-state index in [4.69, 9.17) is 24.7 Å². The molecule has 8 atom stereocenters. The predicted molar refractivity (Wildman–Crippen MR) is 230 cm³/mol. The van der Waals surface area contributed by atoms with E-state index in [1.807, 2.05) is 0 Å². The fourth-order valence-corrected chi connectivity index (χ4v) is 7.15. The zero-order valence-corrected chi connectivity index (χ0v) is 38.3. The smallest absolute Gasteiger partial charge is 0.326 e. The number of aliphatic hydroxyl groups is 2. The van der Waals surface area contributed by atoms with Gasteiger partial charge in [0, 0.05) is 40.5 Å². The van der Waals surface area contributed by atoms with Crippen molar-refractivity contribution < 1.29 is 77.7 Å². The van der Waals surface area contributed by atoms with Crippen LogP contribution in [0.3, 0.4) is 0 Å². The topological polar surface area (TPSA) is 304 Å². The van der Waals surface area contributed by atoms with Crippen LogP contribution < -0.4 is 16.4 Å². The number of hydrogen-bond donors (Lipinski definition) is 7. The summed E-state index contributed by atoms with van der Waals surface area (Å²) in [6.45, 7) is 7.88. The highest BCUT2D eigenvalue weighted by Gasteiger charge is 2.45. The maximum absolute atomic E-state index is 12.6. The molecule has 364 valence electrons. The molecule has 0 spiro atoms. The summed E-state index contributed by atoms with van der Waals surface area (Å²) in [7, 11) is 0. The van der Waals surface area contributed by atoms with E-state index in [2.05, 4.69) is 10.6 Å². The van der Waals surface area contributed by atoms with Crippen molar-refractivity contribution >= 4 is 47.6 Å². The van der Waals surface area contributed by atoms with E-state index in [9.17, 15) is 58.8 Å². The van der Waals surface area contributed by atoms with Gasteiger partial charge in [0.05, 0.1) is 0 Å². The number of amides is 2. The highest BCUT2D eigenvalue weighted by Crippen LogP contribution is 2.25. The number of carboxylic acids is 2. The second-order valence-corrected chi connectivity index (χ2v) is 16.5.